The van der Waals surface area contributed by atoms with Gasteiger partial charge in [0, 0.05) is 25.2 Å². The van der Waals surface area contributed by atoms with E-state index < -0.39 is 0 Å². The summed E-state index contributed by atoms with van der Waals surface area (Å²) in [5.74, 6) is 6.05. The van der Waals surface area contributed by atoms with E-state index >= 15 is 0 Å². The van der Waals surface area contributed by atoms with E-state index in [0.29, 0.717) is 18.6 Å². The quantitative estimate of drug-likeness (QED) is 0.406. The van der Waals surface area contributed by atoms with Crippen LogP contribution in [0.4, 0.5) is 0 Å². The Morgan fingerprint density at radius 1 is 1.30 bits per heavy atom. The Bertz CT molecular complexity index is 375. The molecule has 20 heavy (non-hydrogen) atoms. The highest BCUT2D eigenvalue weighted by Crippen LogP contribution is 2.35. The normalized spacial score (nSPS) is 21.4. The van der Waals surface area contributed by atoms with Crippen molar-refractivity contribution in [2.24, 2.45) is 11.8 Å². The van der Waals surface area contributed by atoms with Crippen molar-refractivity contribution in [1.82, 2.24) is 0 Å². The molecule has 0 saturated heterocycles. The van der Waals surface area contributed by atoms with Crippen molar-refractivity contribution in [3.63, 3.8) is 0 Å². The van der Waals surface area contributed by atoms with Gasteiger partial charge in [-0.15, -0.1) is 5.92 Å². The summed E-state index contributed by atoms with van der Waals surface area (Å²) in [6.45, 7) is 4.29. The summed E-state index contributed by atoms with van der Waals surface area (Å²) < 4.78 is 5.09. The molecular weight excluding hydrogens is 252 g/mol. The number of hydrogen-bond donors (Lipinski definition) is 0. The molecule has 0 spiro atoms. The Morgan fingerprint density at radius 3 is 2.80 bits per heavy atom. The van der Waals surface area contributed by atoms with Crippen LogP contribution in [0.15, 0.2) is 0 Å². The lowest BCUT2D eigenvalue weighted by atomic mass is 9.88. The summed E-state index contributed by atoms with van der Waals surface area (Å²) in [6, 6.07) is 0. The third kappa shape index (κ3) is 5.77. The lowest BCUT2D eigenvalue weighted by Crippen LogP contribution is -2.19. The first kappa shape index (κ1) is 16.8. The Labute approximate surface area is 122 Å². The summed E-state index contributed by atoms with van der Waals surface area (Å²) in [7, 11) is 0. The third-order valence-electron chi connectivity index (χ3n) is 3.90. The maximum absolute atomic E-state index is 11.9. The predicted molar refractivity (Wildman–Crippen MR) is 79.0 cm³/mol. The molecule has 0 aromatic heterocycles. The van der Waals surface area contributed by atoms with Gasteiger partial charge in [-0.1, -0.05) is 39.0 Å². The molecule has 0 aromatic carbocycles. The van der Waals surface area contributed by atoms with Gasteiger partial charge in [-0.2, -0.15) is 0 Å². The molecule has 1 fully saturated rings. The zero-order chi connectivity index (χ0) is 14.8. The molecule has 0 aromatic rings. The molecule has 2 atom stereocenters. The molecule has 0 bridgehead atoms. The zero-order valence-electron chi connectivity index (χ0n) is 12.7. The molecule has 0 radical (unpaired) electrons. The summed E-state index contributed by atoms with van der Waals surface area (Å²) >= 11 is 0. The third-order valence-corrected chi connectivity index (χ3v) is 3.90. The number of hydrogen-bond acceptors (Lipinski definition) is 3. The van der Waals surface area contributed by atoms with Crippen LogP contribution in [-0.4, -0.2) is 18.4 Å². The van der Waals surface area contributed by atoms with Crippen molar-refractivity contribution in [2.45, 2.75) is 65.2 Å². The van der Waals surface area contributed by atoms with E-state index in [1.165, 1.54) is 0 Å². The van der Waals surface area contributed by atoms with Crippen molar-refractivity contribution >= 4 is 11.8 Å². The maximum atomic E-state index is 11.9. The smallest absolute Gasteiger partial charge is 0.307 e. The number of esters is 1. The van der Waals surface area contributed by atoms with Crippen LogP contribution in [0.5, 0.6) is 0 Å². The van der Waals surface area contributed by atoms with Gasteiger partial charge in [-0.3, -0.25) is 9.59 Å². The minimum atomic E-state index is -0.212. The standard InChI is InChI=1S/C17H26O3/c1-3-5-7-9-15-14(10-11-16(15)18)13-17(19)20-12-8-6-4-2/h14-15H,3-5,7,9-13H2,1-2H3. The average molecular weight is 278 g/mol. The van der Waals surface area contributed by atoms with E-state index in [0.717, 1.165) is 38.5 Å². The first-order chi connectivity index (χ1) is 9.69. The zero-order valence-corrected chi connectivity index (χ0v) is 12.7. The highest BCUT2D eigenvalue weighted by Gasteiger charge is 2.35. The Hall–Kier alpha value is -1.30. The molecule has 1 saturated carbocycles. The van der Waals surface area contributed by atoms with Gasteiger partial charge in [0.2, 0.25) is 0 Å². The van der Waals surface area contributed by atoms with Crippen LogP contribution in [0, 0.1) is 23.7 Å². The molecule has 2 unspecified atom stereocenters. The number of ketones is 1. The van der Waals surface area contributed by atoms with Crippen LogP contribution in [0.25, 0.3) is 0 Å². The monoisotopic (exact) mass is 278 g/mol. The van der Waals surface area contributed by atoms with Gasteiger partial charge in [0.25, 0.3) is 0 Å². The maximum Gasteiger partial charge on any atom is 0.307 e. The van der Waals surface area contributed by atoms with Gasteiger partial charge >= 0.3 is 5.97 Å². The second-order valence-corrected chi connectivity index (χ2v) is 5.44. The summed E-state index contributed by atoms with van der Waals surface area (Å²) in [4.78, 5) is 23.6. The van der Waals surface area contributed by atoms with Gasteiger partial charge < -0.3 is 4.74 Å². The number of unbranched alkanes of at least 4 members (excludes halogenated alkanes) is 2. The molecule has 0 aliphatic heterocycles. The SMILES string of the molecule is CCC#CCOC(=O)CC1CCC(=O)C1CCCCC. The minimum absolute atomic E-state index is 0.0795. The predicted octanol–water partition coefficient (Wildman–Crippen LogP) is 3.51. The van der Waals surface area contributed by atoms with Gasteiger partial charge in [0.15, 0.2) is 6.61 Å². The summed E-state index contributed by atoms with van der Waals surface area (Å²) in [5.41, 5.74) is 0. The van der Waals surface area contributed by atoms with Crippen molar-refractivity contribution in [3.8, 4) is 11.8 Å². The fourth-order valence-electron chi connectivity index (χ4n) is 2.80. The molecule has 1 aliphatic rings. The van der Waals surface area contributed by atoms with Crippen LogP contribution in [0.3, 0.4) is 0 Å². The number of ether oxygens (including phenoxy) is 1. The Kier molecular flexibility index (Phi) is 8.02. The van der Waals surface area contributed by atoms with E-state index in [1.807, 2.05) is 6.92 Å². The summed E-state index contributed by atoms with van der Waals surface area (Å²) in [6.07, 6.45) is 6.94. The average Bonchev–Trinajstić information content (AvgIpc) is 2.77. The molecule has 1 aliphatic carbocycles. The van der Waals surface area contributed by atoms with Crippen molar-refractivity contribution in [2.75, 3.05) is 6.61 Å². The van der Waals surface area contributed by atoms with Gasteiger partial charge in [-0.05, 0) is 18.8 Å². The largest absolute Gasteiger partial charge is 0.452 e. The van der Waals surface area contributed by atoms with Crippen molar-refractivity contribution in [1.29, 1.82) is 0 Å². The number of rotatable bonds is 7. The second kappa shape index (κ2) is 9.58. The van der Waals surface area contributed by atoms with E-state index in [1.54, 1.807) is 0 Å². The van der Waals surface area contributed by atoms with Crippen LogP contribution in [0.2, 0.25) is 0 Å². The molecule has 112 valence electrons. The van der Waals surface area contributed by atoms with Crippen LogP contribution < -0.4 is 0 Å². The van der Waals surface area contributed by atoms with E-state index in [9.17, 15) is 9.59 Å². The summed E-state index contributed by atoms with van der Waals surface area (Å²) in [5, 5.41) is 0. The minimum Gasteiger partial charge on any atom is -0.452 e. The van der Waals surface area contributed by atoms with E-state index in [-0.39, 0.29) is 24.4 Å². The van der Waals surface area contributed by atoms with Gasteiger partial charge in [-0.25, -0.2) is 0 Å². The first-order valence-corrected chi connectivity index (χ1v) is 7.83. The first-order valence-electron chi connectivity index (χ1n) is 7.83. The van der Waals surface area contributed by atoms with Crippen LogP contribution in [-0.2, 0) is 14.3 Å². The Morgan fingerprint density at radius 2 is 2.10 bits per heavy atom. The second-order valence-electron chi connectivity index (χ2n) is 5.44. The van der Waals surface area contributed by atoms with Crippen molar-refractivity contribution < 1.29 is 14.3 Å². The lowest BCUT2D eigenvalue weighted by Gasteiger charge is -2.17. The molecule has 3 heteroatoms. The van der Waals surface area contributed by atoms with Gasteiger partial charge in [0.05, 0.1) is 0 Å². The van der Waals surface area contributed by atoms with E-state index in [4.69, 9.17) is 4.74 Å². The molecular formula is C17H26O3. The molecule has 0 heterocycles. The number of carbonyl (C=O) groups excluding carboxylic acids is 2. The van der Waals surface area contributed by atoms with Crippen LogP contribution >= 0.6 is 0 Å². The topological polar surface area (TPSA) is 43.4 Å². The van der Waals surface area contributed by atoms with E-state index in [2.05, 4.69) is 18.8 Å². The van der Waals surface area contributed by atoms with Gasteiger partial charge in [0.1, 0.15) is 5.78 Å². The molecule has 0 amide bonds. The lowest BCUT2D eigenvalue weighted by molar-refractivity contribution is -0.143. The highest BCUT2D eigenvalue weighted by atomic mass is 16.5. The fourth-order valence-corrected chi connectivity index (χ4v) is 2.80. The highest BCUT2D eigenvalue weighted by molar-refractivity contribution is 5.84. The number of carbonyl (C=O) groups is 2. The molecule has 1 rings (SSSR count). The van der Waals surface area contributed by atoms with Crippen LogP contribution in [0.1, 0.15) is 65.2 Å². The fraction of sp³-hybridized carbons (Fsp3) is 0.765. The Balaban J connectivity index is 2.36. The van der Waals surface area contributed by atoms with Crippen molar-refractivity contribution in [3.05, 3.63) is 0 Å². The molecule has 0 N–H and O–H groups in total. The molecule has 3 nitrogen and oxygen atoms in total. The number of Topliss-reactive ketones (excluding diaryl/α,β-unsaturated/α-hetero) is 1.